The standard InChI is InChI=1S/C14H8BrF2N/c15-10-3-1-2-8(4-10)13-6-9-5-11(16)7-12(17)14(9)18-13/h1-7,18H. The molecule has 0 aliphatic rings. The SMILES string of the molecule is Fc1cc(F)c2[nH]c(-c3cccc(Br)c3)cc2c1. The molecule has 0 radical (unpaired) electrons. The summed E-state index contributed by atoms with van der Waals surface area (Å²) >= 11 is 3.38. The number of aromatic amines is 1. The molecule has 0 saturated heterocycles. The lowest BCUT2D eigenvalue weighted by atomic mass is 10.1. The fourth-order valence-electron chi connectivity index (χ4n) is 1.98. The first kappa shape index (κ1) is 11.4. The third-order valence-electron chi connectivity index (χ3n) is 2.78. The van der Waals surface area contributed by atoms with Gasteiger partial charge in [0.25, 0.3) is 0 Å². The lowest BCUT2D eigenvalue weighted by Crippen LogP contribution is -1.81. The number of fused-ring (bicyclic) bond motifs is 1. The maximum Gasteiger partial charge on any atom is 0.150 e. The van der Waals surface area contributed by atoms with E-state index in [0.717, 1.165) is 21.8 Å². The molecule has 0 bridgehead atoms. The Kier molecular flexibility index (Phi) is 2.67. The summed E-state index contributed by atoms with van der Waals surface area (Å²) in [6.07, 6.45) is 0. The largest absolute Gasteiger partial charge is 0.352 e. The van der Waals surface area contributed by atoms with Crippen LogP contribution in [0, 0.1) is 11.6 Å². The van der Waals surface area contributed by atoms with Crippen molar-refractivity contribution in [3.8, 4) is 11.3 Å². The van der Waals surface area contributed by atoms with Crippen LogP contribution in [-0.2, 0) is 0 Å². The molecule has 0 fully saturated rings. The van der Waals surface area contributed by atoms with E-state index in [2.05, 4.69) is 20.9 Å². The number of rotatable bonds is 1. The van der Waals surface area contributed by atoms with Gasteiger partial charge in [-0.1, -0.05) is 28.1 Å². The van der Waals surface area contributed by atoms with Crippen LogP contribution in [0.5, 0.6) is 0 Å². The molecule has 1 heterocycles. The van der Waals surface area contributed by atoms with Crippen molar-refractivity contribution < 1.29 is 8.78 Å². The quantitative estimate of drug-likeness (QED) is 0.660. The lowest BCUT2D eigenvalue weighted by Gasteiger charge is -1.98. The Morgan fingerprint density at radius 1 is 1.00 bits per heavy atom. The average molecular weight is 308 g/mol. The molecule has 1 N–H and O–H groups in total. The molecule has 1 nitrogen and oxygen atoms in total. The maximum absolute atomic E-state index is 13.6. The predicted octanol–water partition coefficient (Wildman–Crippen LogP) is 4.88. The molecule has 1 aromatic heterocycles. The second-order valence-electron chi connectivity index (χ2n) is 4.05. The van der Waals surface area contributed by atoms with Crippen LogP contribution in [0.2, 0.25) is 0 Å². The molecule has 2 aromatic carbocycles. The van der Waals surface area contributed by atoms with Gasteiger partial charge in [-0.15, -0.1) is 0 Å². The third kappa shape index (κ3) is 1.93. The Labute approximate surface area is 111 Å². The molecule has 90 valence electrons. The van der Waals surface area contributed by atoms with Gasteiger partial charge in [-0.3, -0.25) is 0 Å². The van der Waals surface area contributed by atoms with Crippen LogP contribution in [0.4, 0.5) is 8.78 Å². The van der Waals surface area contributed by atoms with Crippen molar-refractivity contribution in [3.63, 3.8) is 0 Å². The normalized spacial score (nSPS) is 11.1. The van der Waals surface area contributed by atoms with Gasteiger partial charge in [0.1, 0.15) is 11.6 Å². The number of hydrogen-bond donors (Lipinski definition) is 1. The van der Waals surface area contributed by atoms with E-state index in [0.29, 0.717) is 10.9 Å². The van der Waals surface area contributed by atoms with Crippen molar-refractivity contribution in [1.82, 2.24) is 4.98 Å². The summed E-state index contributed by atoms with van der Waals surface area (Å²) in [5, 5.41) is 0.530. The Morgan fingerprint density at radius 3 is 2.61 bits per heavy atom. The molecule has 4 heteroatoms. The molecule has 0 unspecified atom stereocenters. The van der Waals surface area contributed by atoms with Crippen LogP contribution in [0.15, 0.2) is 46.9 Å². The van der Waals surface area contributed by atoms with Crippen molar-refractivity contribution in [2.45, 2.75) is 0 Å². The van der Waals surface area contributed by atoms with Crippen LogP contribution in [0.1, 0.15) is 0 Å². The summed E-state index contributed by atoms with van der Waals surface area (Å²) in [6, 6.07) is 11.6. The van der Waals surface area contributed by atoms with Crippen molar-refractivity contribution >= 4 is 26.8 Å². The highest BCUT2D eigenvalue weighted by Gasteiger charge is 2.09. The number of H-pyrrole nitrogens is 1. The third-order valence-corrected chi connectivity index (χ3v) is 3.27. The van der Waals surface area contributed by atoms with Gasteiger partial charge in [0.05, 0.1) is 5.52 Å². The second kappa shape index (κ2) is 4.21. The van der Waals surface area contributed by atoms with Gasteiger partial charge < -0.3 is 4.98 Å². The predicted molar refractivity (Wildman–Crippen MR) is 71.4 cm³/mol. The maximum atomic E-state index is 13.6. The summed E-state index contributed by atoms with van der Waals surface area (Å²) in [5.41, 5.74) is 2.00. The summed E-state index contributed by atoms with van der Waals surface area (Å²) in [6.45, 7) is 0. The smallest absolute Gasteiger partial charge is 0.150 e. The summed E-state index contributed by atoms with van der Waals surface area (Å²) in [5.74, 6) is -1.15. The second-order valence-corrected chi connectivity index (χ2v) is 4.96. The topological polar surface area (TPSA) is 15.8 Å². The van der Waals surface area contributed by atoms with Gasteiger partial charge in [-0.2, -0.15) is 0 Å². The Morgan fingerprint density at radius 2 is 1.83 bits per heavy atom. The summed E-state index contributed by atoms with van der Waals surface area (Å²) < 4.78 is 27.6. The van der Waals surface area contributed by atoms with E-state index in [1.807, 2.05) is 24.3 Å². The van der Waals surface area contributed by atoms with Crippen molar-refractivity contribution in [2.24, 2.45) is 0 Å². The lowest BCUT2D eigenvalue weighted by molar-refractivity contribution is 0.591. The molecular formula is C14H8BrF2N. The van der Waals surface area contributed by atoms with Gasteiger partial charge in [0, 0.05) is 21.6 Å². The average Bonchev–Trinajstić information content (AvgIpc) is 2.73. The number of aromatic nitrogens is 1. The van der Waals surface area contributed by atoms with Gasteiger partial charge in [-0.25, -0.2) is 8.78 Å². The van der Waals surface area contributed by atoms with E-state index in [9.17, 15) is 8.78 Å². The number of halogens is 3. The Hall–Kier alpha value is -1.68. The number of benzene rings is 2. The fourth-order valence-corrected chi connectivity index (χ4v) is 2.38. The molecule has 0 aliphatic heterocycles. The van der Waals surface area contributed by atoms with Gasteiger partial charge in [-0.05, 0) is 29.8 Å². The van der Waals surface area contributed by atoms with Crippen LogP contribution < -0.4 is 0 Å². The molecule has 3 aromatic rings. The highest BCUT2D eigenvalue weighted by molar-refractivity contribution is 9.10. The zero-order chi connectivity index (χ0) is 12.7. The first-order valence-electron chi connectivity index (χ1n) is 5.37. The number of nitrogens with one attached hydrogen (secondary N) is 1. The molecule has 0 saturated carbocycles. The highest BCUT2D eigenvalue weighted by Crippen LogP contribution is 2.28. The van der Waals surface area contributed by atoms with Crippen LogP contribution in [0.3, 0.4) is 0 Å². The van der Waals surface area contributed by atoms with E-state index in [4.69, 9.17) is 0 Å². The van der Waals surface area contributed by atoms with Crippen LogP contribution in [0.25, 0.3) is 22.2 Å². The Bertz CT molecular complexity index is 734. The molecular weight excluding hydrogens is 300 g/mol. The molecule has 0 amide bonds. The minimum Gasteiger partial charge on any atom is -0.352 e. The van der Waals surface area contributed by atoms with Gasteiger partial charge in [0.2, 0.25) is 0 Å². The molecule has 18 heavy (non-hydrogen) atoms. The van der Waals surface area contributed by atoms with Crippen LogP contribution in [-0.4, -0.2) is 4.98 Å². The Balaban J connectivity index is 2.22. The van der Waals surface area contributed by atoms with E-state index in [-0.39, 0.29) is 0 Å². The monoisotopic (exact) mass is 307 g/mol. The highest BCUT2D eigenvalue weighted by atomic mass is 79.9. The number of hydrogen-bond acceptors (Lipinski definition) is 0. The first-order chi connectivity index (χ1) is 8.63. The summed E-state index contributed by atoms with van der Waals surface area (Å²) in [7, 11) is 0. The molecule has 0 atom stereocenters. The van der Waals surface area contributed by atoms with E-state index < -0.39 is 11.6 Å². The molecule has 0 aliphatic carbocycles. The van der Waals surface area contributed by atoms with Crippen molar-refractivity contribution in [3.05, 3.63) is 58.6 Å². The van der Waals surface area contributed by atoms with Gasteiger partial charge in [0.15, 0.2) is 0 Å². The zero-order valence-corrected chi connectivity index (χ0v) is 10.8. The van der Waals surface area contributed by atoms with Crippen LogP contribution >= 0.6 is 15.9 Å². The van der Waals surface area contributed by atoms with Crippen molar-refractivity contribution in [1.29, 1.82) is 0 Å². The first-order valence-corrected chi connectivity index (χ1v) is 6.16. The minimum atomic E-state index is -0.578. The zero-order valence-electron chi connectivity index (χ0n) is 9.18. The fraction of sp³-hybridized carbons (Fsp3) is 0. The van der Waals surface area contributed by atoms with Gasteiger partial charge >= 0.3 is 0 Å². The molecule has 0 spiro atoms. The van der Waals surface area contributed by atoms with Crippen molar-refractivity contribution in [2.75, 3.05) is 0 Å². The van der Waals surface area contributed by atoms with E-state index in [1.54, 1.807) is 6.07 Å². The summed E-state index contributed by atoms with van der Waals surface area (Å²) in [4.78, 5) is 2.97. The minimum absolute atomic E-state index is 0.325. The van der Waals surface area contributed by atoms with E-state index in [1.165, 1.54) is 6.07 Å². The van der Waals surface area contributed by atoms with E-state index >= 15 is 0 Å². The molecule has 3 rings (SSSR count).